The van der Waals surface area contributed by atoms with Gasteiger partial charge in [0.15, 0.2) is 0 Å². The van der Waals surface area contributed by atoms with E-state index in [-0.39, 0.29) is 18.2 Å². The number of nitrogens with zero attached hydrogens (tertiary/aromatic N) is 1. The van der Waals surface area contributed by atoms with Gasteiger partial charge in [-0.25, -0.2) is 4.98 Å². The molecule has 3 aliphatic rings. The normalized spacial score (nSPS) is 21.5. The van der Waals surface area contributed by atoms with Crippen LogP contribution in [0.25, 0.3) is 0 Å². The summed E-state index contributed by atoms with van der Waals surface area (Å²) in [5, 5.41) is 3.09. The lowest BCUT2D eigenvalue weighted by Crippen LogP contribution is -2.52. The Morgan fingerprint density at radius 1 is 1.15 bits per heavy atom. The number of amides is 2. The number of primary amides is 1. The van der Waals surface area contributed by atoms with Crippen LogP contribution in [0.15, 0.2) is 12.1 Å². The van der Waals surface area contributed by atoms with Gasteiger partial charge >= 0.3 is 0 Å². The lowest BCUT2D eigenvalue weighted by Gasteiger charge is -2.37. The first kappa shape index (κ1) is 18.3. The monoisotopic (exact) mass is 371 g/mol. The van der Waals surface area contributed by atoms with E-state index in [0.717, 1.165) is 50.5 Å². The van der Waals surface area contributed by atoms with Crippen molar-refractivity contribution in [3.63, 3.8) is 0 Å². The molecular formula is C21H29N3O3. The largest absolute Gasteiger partial charge is 0.477 e. The Bertz CT molecular complexity index is 719. The van der Waals surface area contributed by atoms with Gasteiger partial charge in [0.1, 0.15) is 5.69 Å². The molecule has 0 saturated heterocycles. The first-order valence-electron chi connectivity index (χ1n) is 10.3. The third kappa shape index (κ3) is 4.60. The van der Waals surface area contributed by atoms with Gasteiger partial charge in [-0.3, -0.25) is 9.59 Å². The molecule has 6 nitrogen and oxygen atoms in total. The highest BCUT2D eigenvalue weighted by Gasteiger charge is 2.36. The van der Waals surface area contributed by atoms with Crippen LogP contribution in [0.3, 0.4) is 0 Å². The van der Waals surface area contributed by atoms with Crippen molar-refractivity contribution in [1.29, 1.82) is 0 Å². The molecule has 4 rings (SSSR count). The van der Waals surface area contributed by atoms with Crippen molar-refractivity contribution in [2.45, 2.75) is 75.7 Å². The summed E-state index contributed by atoms with van der Waals surface area (Å²) >= 11 is 0. The lowest BCUT2D eigenvalue weighted by molar-refractivity contribution is -0.119. The fourth-order valence-electron chi connectivity index (χ4n) is 4.09. The second-order valence-electron chi connectivity index (χ2n) is 8.56. The molecule has 0 bridgehead atoms. The Labute approximate surface area is 160 Å². The first-order valence-corrected chi connectivity index (χ1v) is 10.3. The Hall–Kier alpha value is -2.11. The number of carbonyl (C=O) groups excluding carboxylic acids is 2. The molecule has 1 heterocycles. The molecule has 0 unspecified atom stereocenters. The van der Waals surface area contributed by atoms with Gasteiger partial charge in [0, 0.05) is 17.5 Å². The van der Waals surface area contributed by atoms with E-state index >= 15 is 0 Å². The van der Waals surface area contributed by atoms with E-state index in [1.807, 2.05) is 6.07 Å². The minimum absolute atomic E-state index is 0.184. The predicted molar refractivity (Wildman–Crippen MR) is 102 cm³/mol. The van der Waals surface area contributed by atoms with Crippen LogP contribution in [0.5, 0.6) is 5.88 Å². The zero-order valence-electron chi connectivity index (χ0n) is 15.8. The number of aromatic nitrogens is 1. The standard InChI is InChI=1S/C21H29N3O3/c22-18(25)12-21(10-2-1-3-11-21)24-19(26)17-9-8-16(15-6-7-15)20(23-17)27-13-14-4-5-14/h8-9,14-15H,1-7,10-13H2,(H2,22,25)(H,24,26). The molecule has 3 saturated carbocycles. The van der Waals surface area contributed by atoms with Crippen molar-refractivity contribution in [2.75, 3.05) is 6.61 Å². The van der Waals surface area contributed by atoms with Crippen LogP contribution in [0.2, 0.25) is 0 Å². The molecule has 3 fully saturated rings. The van der Waals surface area contributed by atoms with Crippen molar-refractivity contribution >= 4 is 11.8 Å². The molecule has 0 aromatic carbocycles. The lowest BCUT2D eigenvalue weighted by atomic mass is 9.79. The summed E-state index contributed by atoms with van der Waals surface area (Å²) in [7, 11) is 0. The summed E-state index contributed by atoms with van der Waals surface area (Å²) in [6.07, 6.45) is 9.63. The molecular weight excluding hydrogens is 342 g/mol. The average molecular weight is 371 g/mol. The van der Waals surface area contributed by atoms with E-state index in [0.29, 0.717) is 30.0 Å². The third-order valence-corrected chi connectivity index (χ3v) is 5.99. The molecule has 1 aromatic rings. The van der Waals surface area contributed by atoms with Crippen LogP contribution >= 0.6 is 0 Å². The van der Waals surface area contributed by atoms with Crippen LogP contribution in [0.1, 0.15) is 86.2 Å². The molecule has 0 spiro atoms. The average Bonchev–Trinajstić information content (AvgIpc) is 3.54. The topological polar surface area (TPSA) is 94.3 Å². The van der Waals surface area contributed by atoms with E-state index < -0.39 is 5.54 Å². The fraction of sp³-hybridized carbons (Fsp3) is 0.667. The van der Waals surface area contributed by atoms with E-state index in [9.17, 15) is 9.59 Å². The molecule has 1 aromatic heterocycles. The van der Waals surface area contributed by atoms with Crippen molar-refractivity contribution < 1.29 is 14.3 Å². The third-order valence-electron chi connectivity index (χ3n) is 5.99. The predicted octanol–water partition coefficient (Wildman–Crippen LogP) is 3.06. The van der Waals surface area contributed by atoms with E-state index in [2.05, 4.69) is 10.3 Å². The van der Waals surface area contributed by atoms with Crippen LogP contribution in [-0.2, 0) is 4.79 Å². The molecule has 6 heteroatoms. The van der Waals surface area contributed by atoms with Gasteiger partial charge in [0.25, 0.3) is 5.91 Å². The number of rotatable bonds is 8. The number of carbonyl (C=O) groups is 2. The summed E-state index contributed by atoms with van der Waals surface area (Å²) < 4.78 is 5.97. The highest BCUT2D eigenvalue weighted by atomic mass is 16.5. The minimum Gasteiger partial charge on any atom is -0.477 e. The quantitative estimate of drug-likeness (QED) is 0.734. The van der Waals surface area contributed by atoms with Crippen molar-refractivity contribution in [3.05, 3.63) is 23.4 Å². The van der Waals surface area contributed by atoms with Crippen LogP contribution < -0.4 is 15.8 Å². The summed E-state index contributed by atoms with van der Waals surface area (Å²) in [6.45, 7) is 0.684. The van der Waals surface area contributed by atoms with E-state index in [4.69, 9.17) is 10.5 Å². The van der Waals surface area contributed by atoms with Crippen LogP contribution in [0, 0.1) is 5.92 Å². The van der Waals surface area contributed by atoms with Gasteiger partial charge in [-0.15, -0.1) is 0 Å². The highest BCUT2D eigenvalue weighted by molar-refractivity contribution is 5.93. The highest BCUT2D eigenvalue weighted by Crippen LogP contribution is 2.44. The smallest absolute Gasteiger partial charge is 0.270 e. The van der Waals surface area contributed by atoms with Crippen molar-refractivity contribution in [1.82, 2.24) is 10.3 Å². The van der Waals surface area contributed by atoms with E-state index in [1.54, 1.807) is 6.07 Å². The number of nitrogens with two attached hydrogens (primary N) is 1. The summed E-state index contributed by atoms with van der Waals surface area (Å²) in [5.41, 5.74) is 6.40. The molecule has 0 atom stereocenters. The van der Waals surface area contributed by atoms with Gasteiger partial charge in [0.05, 0.1) is 6.61 Å². The maximum Gasteiger partial charge on any atom is 0.270 e. The Balaban J connectivity index is 1.51. The van der Waals surface area contributed by atoms with Gasteiger partial charge in [0.2, 0.25) is 11.8 Å². The Morgan fingerprint density at radius 2 is 1.89 bits per heavy atom. The van der Waals surface area contributed by atoms with Gasteiger partial charge < -0.3 is 15.8 Å². The summed E-state index contributed by atoms with van der Waals surface area (Å²) in [5.74, 6) is 1.16. The number of nitrogens with one attached hydrogen (secondary N) is 1. The van der Waals surface area contributed by atoms with E-state index in [1.165, 1.54) is 12.8 Å². The molecule has 0 radical (unpaired) electrons. The molecule has 27 heavy (non-hydrogen) atoms. The maximum atomic E-state index is 12.9. The molecule has 3 aliphatic carbocycles. The number of hydrogen-bond acceptors (Lipinski definition) is 4. The number of pyridine rings is 1. The molecule has 2 amide bonds. The van der Waals surface area contributed by atoms with Gasteiger partial charge in [-0.2, -0.15) is 0 Å². The Morgan fingerprint density at radius 3 is 2.52 bits per heavy atom. The van der Waals surface area contributed by atoms with Gasteiger partial charge in [-0.1, -0.05) is 25.3 Å². The van der Waals surface area contributed by atoms with Crippen LogP contribution in [0.4, 0.5) is 0 Å². The molecule has 3 N–H and O–H groups in total. The second kappa shape index (κ2) is 7.49. The zero-order chi connectivity index (χ0) is 18.9. The second-order valence-corrected chi connectivity index (χ2v) is 8.56. The summed E-state index contributed by atoms with van der Waals surface area (Å²) in [4.78, 5) is 29.0. The summed E-state index contributed by atoms with van der Waals surface area (Å²) in [6, 6.07) is 3.78. The minimum atomic E-state index is -0.535. The van der Waals surface area contributed by atoms with Crippen LogP contribution in [-0.4, -0.2) is 28.9 Å². The number of ether oxygens (including phenoxy) is 1. The molecule has 146 valence electrons. The Kier molecular flexibility index (Phi) is 5.06. The molecule has 0 aliphatic heterocycles. The first-order chi connectivity index (χ1) is 13.0. The van der Waals surface area contributed by atoms with Gasteiger partial charge in [-0.05, 0) is 56.4 Å². The SMILES string of the molecule is NC(=O)CC1(NC(=O)c2ccc(C3CC3)c(OCC3CC3)n2)CCCCC1. The zero-order valence-corrected chi connectivity index (χ0v) is 15.8. The maximum absolute atomic E-state index is 12.9. The van der Waals surface area contributed by atoms with Crippen molar-refractivity contribution in [2.24, 2.45) is 11.7 Å². The number of hydrogen-bond donors (Lipinski definition) is 2. The fourth-order valence-corrected chi connectivity index (χ4v) is 4.09. The van der Waals surface area contributed by atoms with Crippen molar-refractivity contribution in [3.8, 4) is 5.88 Å².